The number of carbonyl (C=O) groups is 4. The highest BCUT2D eigenvalue weighted by atomic mass is 16.5. The van der Waals surface area contributed by atoms with E-state index in [1.54, 1.807) is 6.07 Å². The fourth-order valence-electron chi connectivity index (χ4n) is 4.26. The zero-order valence-corrected chi connectivity index (χ0v) is 18.5. The number of benzene rings is 1. The van der Waals surface area contributed by atoms with Crippen LogP contribution >= 0.6 is 0 Å². The summed E-state index contributed by atoms with van der Waals surface area (Å²) in [7, 11) is 0. The minimum atomic E-state index is -1.01. The lowest BCUT2D eigenvalue weighted by atomic mass is 9.85. The van der Waals surface area contributed by atoms with Crippen LogP contribution in [-0.4, -0.2) is 41.2 Å². The Morgan fingerprint density at radius 2 is 1.71 bits per heavy atom. The third kappa shape index (κ3) is 5.03. The van der Waals surface area contributed by atoms with Crippen molar-refractivity contribution in [2.24, 2.45) is 17.8 Å². The number of nitrogens with one attached hydrogen (secondary N) is 1. The summed E-state index contributed by atoms with van der Waals surface area (Å²) in [6, 6.07) is 4.61. The van der Waals surface area contributed by atoms with Crippen molar-refractivity contribution in [1.29, 1.82) is 0 Å². The summed E-state index contributed by atoms with van der Waals surface area (Å²) in [6.45, 7) is 7.18. The van der Waals surface area contributed by atoms with E-state index in [0.29, 0.717) is 24.9 Å². The lowest BCUT2D eigenvalue weighted by Crippen LogP contribution is -2.47. The second-order valence-electron chi connectivity index (χ2n) is 8.82. The number of likely N-dealkylation sites (tertiary alicyclic amines) is 1. The van der Waals surface area contributed by atoms with Crippen molar-refractivity contribution in [2.75, 3.05) is 11.9 Å². The second-order valence-corrected chi connectivity index (χ2v) is 8.82. The summed E-state index contributed by atoms with van der Waals surface area (Å²) in [5.41, 5.74) is 2.63. The van der Waals surface area contributed by atoms with E-state index < -0.39 is 36.4 Å². The van der Waals surface area contributed by atoms with Crippen LogP contribution in [0.25, 0.3) is 0 Å². The quantitative estimate of drug-likeness (QED) is 0.411. The largest absolute Gasteiger partial charge is 0.454 e. The molecule has 7 heteroatoms. The van der Waals surface area contributed by atoms with Gasteiger partial charge in [0.05, 0.1) is 11.8 Å². The third-order valence-electron chi connectivity index (χ3n) is 5.82. The molecule has 31 heavy (non-hydrogen) atoms. The van der Waals surface area contributed by atoms with E-state index in [1.165, 1.54) is 0 Å². The SMILES string of the molecule is Cc1ccc(NC(=O)COC(=O)[C@@H](CC(C)C)N2C(=O)[C@H]3CC=CC[C@H]3C2=O)c(C)c1. The fraction of sp³-hybridized carbons (Fsp3) is 0.500. The summed E-state index contributed by atoms with van der Waals surface area (Å²) >= 11 is 0. The van der Waals surface area contributed by atoms with Crippen LogP contribution < -0.4 is 5.32 Å². The van der Waals surface area contributed by atoms with E-state index >= 15 is 0 Å². The Bertz CT molecular complexity index is 895. The van der Waals surface area contributed by atoms with Crippen LogP contribution in [0.1, 0.15) is 44.2 Å². The van der Waals surface area contributed by atoms with Crippen molar-refractivity contribution in [2.45, 2.75) is 53.0 Å². The molecule has 0 spiro atoms. The summed E-state index contributed by atoms with van der Waals surface area (Å²) in [5.74, 6) is -2.59. The van der Waals surface area contributed by atoms with Crippen molar-refractivity contribution in [3.05, 3.63) is 41.5 Å². The number of carbonyl (C=O) groups excluding carboxylic acids is 4. The zero-order valence-electron chi connectivity index (χ0n) is 18.5. The first-order valence-corrected chi connectivity index (χ1v) is 10.7. The third-order valence-corrected chi connectivity index (χ3v) is 5.82. The zero-order chi connectivity index (χ0) is 22.7. The molecular weight excluding hydrogens is 396 g/mol. The maximum atomic E-state index is 12.9. The number of anilines is 1. The Hall–Kier alpha value is -2.96. The number of allylic oxidation sites excluding steroid dienone is 2. The van der Waals surface area contributed by atoms with E-state index in [1.807, 2.05) is 52.0 Å². The van der Waals surface area contributed by atoms with Gasteiger partial charge in [-0.3, -0.25) is 19.3 Å². The van der Waals surface area contributed by atoms with Crippen molar-refractivity contribution in [3.63, 3.8) is 0 Å². The van der Waals surface area contributed by atoms with Crippen molar-refractivity contribution in [1.82, 2.24) is 4.90 Å². The van der Waals surface area contributed by atoms with Crippen LogP contribution in [0, 0.1) is 31.6 Å². The molecule has 166 valence electrons. The molecule has 1 aromatic carbocycles. The maximum Gasteiger partial charge on any atom is 0.329 e. The minimum Gasteiger partial charge on any atom is -0.454 e. The Morgan fingerprint density at radius 3 is 2.26 bits per heavy atom. The molecule has 3 atom stereocenters. The molecule has 1 fully saturated rings. The first-order valence-electron chi connectivity index (χ1n) is 10.7. The molecule has 0 bridgehead atoms. The predicted octanol–water partition coefficient (Wildman–Crippen LogP) is 3.15. The van der Waals surface area contributed by atoms with Gasteiger partial charge < -0.3 is 10.1 Å². The van der Waals surface area contributed by atoms with Gasteiger partial charge >= 0.3 is 5.97 Å². The summed E-state index contributed by atoms with van der Waals surface area (Å²) in [4.78, 5) is 52.1. The van der Waals surface area contributed by atoms with Crippen LogP contribution in [0.5, 0.6) is 0 Å². The first-order chi connectivity index (χ1) is 14.7. The molecule has 0 aromatic heterocycles. The molecule has 1 N–H and O–H groups in total. The van der Waals surface area contributed by atoms with Gasteiger partial charge in [-0.25, -0.2) is 4.79 Å². The van der Waals surface area contributed by atoms with Crippen LogP contribution in [0.2, 0.25) is 0 Å². The topological polar surface area (TPSA) is 92.8 Å². The number of fused-ring (bicyclic) bond motifs is 1. The Kier molecular flexibility index (Phi) is 6.93. The van der Waals surface area contributed by atoms with Gasteiger partial charge in [0.25, 0.3) is 5.91 Å². The summed E-state index contributed by atoms with van der Waals surface area (Å²) in [6.07, 6.45) is 5.12. The summed E-state index contributed by atoms with van der Waals surface area (Å²) in [5, 5.41) is 2.73. The van der Waals surface area contributed by atoms with Gasteiger partial charge in [-0.1, -0.05) is 43.7 Å². The highest BCUT2D eigenvalue weighted by molar-refractivity contribution is 6.08. The number of hydrogen-bond donors (Lipinski definition) is 1. The molecule has 3 amide bonds. The highest BCUT2D eigenvalue weighted by Gasteiger charge is 2.51. The molecule has 1 aliphatic heterocycles. The number of rotatable bonds is 7. The highest BCUT2D eigenvalue weighted by Crippen LogP contribution is 2.37. The summed E-state index contributed by atoms with van der Waals surface area (Å²) < 4.78 is 5.25. The van der Waals surface area contributed by atoms with Gasteiger partial charge in [-0.05, 0) is 50.7 Å². The van der Waals surface area contributed by atoms with Gasteiger partial charge in [-0.2, -0.15) is 0 Å². The molecule has 0 radical (unpaired) electrons. The molecule has 7 nitrogen and oxygen atoms in total. The normalized spacial score (nSPS) is 21.3. The molecule has 3 rings (SSSR count). The molecule has 0 saturated carbocycles. The van der Waals surface area contributed by atoms with Gasteiger partial charge in [-0.15, -0.1) is 0 Å². The lowest BCUT2D eigenvalue weighted by molar-refractivity contribution is -0.160. The van der Waals surface area contributed by atoms with Gasteiger partial charge in [0.1, 0.15) is 6.04 Å². The van der Waals surface area contributed by atoms with E-state index in [9.17, 15) is 19.2 Å². The fourth-order valence-corrected chi connectivity index (χ4v) is 4.26. The Balaban J connectivity index is 1.67. The van der Waals surface area contributed by atoms with Gasteiger partial charge in [0.2, 0.25) is 11.8 Å². The number of esters is 1. The predicted molar refractivity (Wildman–Crippen MR) is 116 cm³/mol. The van der Waals surface area contributed by atoms with Crippen molar-refractivity contribution < 1.29 is 23.9 Å². The Morgan fingerprint density at radius 1 is 1.10 bits per heavy atom. The average Bonchev–Trinajstić information content (AvgIpc) is 2.97. The lowest BCUT2D eigenvalue weighted by Gasteiger charge is -2.26. The molecule has 1 aliphatic carbocycles. The Labute approximate surface area is 182 Å². The molecule has 1 heterocycles. The molecule has 0 unspecified atom stereocenters. The smallest absolute Gasteiger partial charge is 0.329 e. The maximum absolute atomic E-state index is 12.9. The minimum absolute atomic E-state index is 0.0583. The van der Waals surface area contributed by atoms with E-state index in [0.717, 1.165) is 16.0 Å². The van der Waals surface area contributed by atoms with Crippen LogP contribution in [-0.2, 0) is 23.9 Å². The van der Waals surface area contributed by atoms with Gasteiger partial charge in [0, 0.05) is 5.69 Å². The van der Waals surface area contributed by atoms with Crippen LogP contribution in [0.3, 0.4) is 0 Å². The number of ether oxygens (including phenoxy) is 1. The van der Waals surface area contributed by atoms with Gasteiger partial charge in [0.15, 0.2) is 6.61 Å². The number of amides is 3. The molecule has 2 aliphatic rings. The molecule has 1 saturated heterocycles. The molecule has 1 aromatic rings. The van der Waals surface area contributed by atoms with Crippen LogP contribution in [0.15, 0.2) is 30.4 Å². The average molecular weight is 427 g/mol. The molecular formula is C24H30N2O5. The number of hydrogen-bond acceptors (Lipinski definition) is 5. The van der Waals surface area contributed by atoms with Crippen molar-refractivity contribution >= 4 is 29.4 Å². The number of aryl methyl sites for hydroxylation is 2. The van der Waals surface area contributed by atoms with E-state index in [4.69, 9.17) is 4.74 Å². The van der Waals surface area contributed by atoms with E-state index in [2.05, 4.69) is 5.32 Å². The monoisotopic (exact) mass is 426 g/mol. The number of nitrogens with zero attached hydrogens (tertiary/aromatic N) is 1. The van der Waals surface area contributed by atoms with E-state index in [-0.39, 0.29) is 17.7 Å². The van der Waals surface area contributed by atoms with Crippen molar-refractivity contribution in [3.8, 4) is 0 Å². The second kappa shape index (κ2) is 9.45. The first kappa shape index (κ1) is 22.7. The van der Waals surface area contributed by atoms with Crippen LogP contribution in [0.4, 0.5) is 5.69 Å². The number of imide groups is 1. The standard InChI is InChI=1S/C24H30N2O5/c1-14(2)11-20(26-22(28)17-7-5-6-8-18(17)23(26)29)24(30)31-13-21(27)25-19-10-9-15(3)12-16(19)4/h5-6,9-10,12,14,17-18,20H,7-8,11,13H2,1-4H3,(H,25,27)/t17-,18+,20-/m1/s1.